The number of hydrogen-bond acceptors (Lipinski definition) is 2. The Hall–Kier alpha value is -1.05. The average Bonchev–Trinajstić information content (AvgIpc) is 1.86. The number of nitrogens with zero attached hydrogens (tertiary/aromatic N) is 1. The zero-order valence-corrected chi connectivity index (χ0v) is 7.26. The fraction of sp³-hybridized carbons (Fsp3) is 0.444. The molecule has 0 aromatic carbocycles. The molecule has 2 heteroatoms. The fourth-order valence-electron chi connectivity index (χ4n) is 0.849. The van der Waals surface area contributed by atoms with E-state index in [4.69, 9.17) is 5.73 Å². The summed E-state index contributed by atoms with van der Waals surface area (Å²) in [6, 6.07) is 3.85. The highest BCUT2D eigenvalue weighted by Crippen LogP contribution is 2.19. The van der Waals surface area contributed by atoms with Crippen LogP contribution in [-0.2, 0) is 5.41 Å². The maximum atomic E-state index is 5.51. The molecule has 2 N–H and O–H groups in total. The van der Waals surface area contributed by atoms with Crippen LogP contribution in [0.2, 0.25) is 0 Å². The van der Waals surface area contributed by atoms with E-state index >= 15 is 0 Å². The second-order valence-corrected chi connectivity index (χ2v) is 3.73. The minimum absolute atomic E-state index is 0.119. The van der Waals surface area contributed by atoms with Crippen molar-refractivity contribution in [2.45, 2.75) is 26.2 Å². The summed E-state index contributed by atoms with van der Waals surface area (Å²) in [6.07, 6.45) is 1.70. The third kappa shape index (κ3) is 1.93. The molecule has 0 aliphatic carbocycles. The molecule has 0 atom stereocenters. The quantitative estimate of drug-likeness (QED) is 0.614. The second kappa shape index (κ2) is 2.53. The third-order valence-electron chi connectivity index (χ3n) is 1.55. The van der Waals surface area contributed by atoms with Gasteiger partial charge in [0.2, 0.25) is 0 Å². The van der Waals surface area contributed by atoms with Gasteiger partial charge in [0.05, 0.1) is 11.9 Å². The van der Waals surface area contributed by atoms with Gasteiger partial charge in [-0.1, -0.05) is 20.8 Å². The Morgan fingerprint density at radius 2 is 1.91 bits per heavy atom. The molecule has 1 rings (SSSR count). The van der Waals surface area contributed by atoms with Gasteiger partial charge >= 0.3 is 0 Å². The van der Waals surface area contributed by atoms with Crippen LogP contribution in [0.3, 0.4) is 0 Å². The molecule has 60 valence electrons. The van der Waals surface area contributed by atoms with Crippen molar-refractivity contribution in [3.05, 3.63) is 24.0 Å². The lowest BCUT2D eigenvalue weighted by molar-refractivity contribution is 0.569. The molecule has 0 radical (unpaired) electrons. The first kappa shape index (κ1) is 8.05. The van der Waals surface area contributed by atoms with Crippen molar-refractivity contribution >= 4 is 5.69 Å². The van der Waals surface area contributed by atoms with Crippen LogP contribution in [0.15, 0.2) is 18.3 Å². The molecule has 0 unspecified atom stereocenters. The van der Waals surface area contributed by atoms with E-state index in [9.17, 15) is 0 Å². The lowest BCUT2D eigenvalue weighted by atomic mass is 9.92. The predicted molar refractivity (Wildman–Crippen MR) is 47.3 cm³/mol. The van der Waals surface area contributed by atoms with Gasteiger partial charge in [-0.3, -0.25) is 4.98 Å². The molecule has 0 amide bonds. The van der Waals surface area contributed by atoms with Crippen LogP contribution in [0.5, 0.6) is 0 Å². The first-order chi connectivity index (χ1) is 5.00. The average molecular weight is 150 g/mol. The summed E-state index contributed by atoms with van der Waals surface area (Å²) < 4.78 is 0. The van der Waals surface area contributed by atoms with Gasteiger partial charge in [0.15, 0.2) is 0 Å². The maximum absolute atomic E-state index is 5.51. The van der Waals surface area contributed by atoms with Crippen molar-refractivity contribution in [2.75, 3.05) is 5.73 Å². The minimum Gasteiger partial charge on any atom is -0.397 e. The van der Waals surface area contributed by atoms with Crippen molar-refractivity contribution < 1.29 is 0 Å². The van der Waals surface area contributed by atoms with Gasteiger partial charge in [0, 0.05) is 11.1 Å². The SMILES string of the molecule is CC(C)(C)c1ccc(N)cn1. The highest BCUT2D eigenvalue weighted by Gasteiger charge is 2.13. The zero-order chi connectivity index (χ0) is 8.48. The smallest absolute Gasteiger partial charge is 0.0501 e. The number of nitrogen functional groups attached to an aromatic ring is 1. The largest absolute Gasteiger partial charge is 0.397 e. The Bertz CT molecular complexity index is 231. The monoisotopic (exact) mass is 150 g/mol. The van der Waals surface area contributed by atoms with Crippen LogP contribution in [0, 0.1) is 0 Å². The summed E-state index contributed by atoms with van der Waals surface area (Å²) in [7, 11) is 0. The molecule has 0 aliphatic rings. The van der Waals surface area contributed by atoms with E-state index < -0.39 is 0 Å². The van der Waals surface area contributed by atoms with E-state index in [1.165, 1.54) is 0 Å². The van der Waals surface area contributed by atoms with Crippen molar-refractivity contribution in [3.63, 3.8) is 0 Å². The number of anilines is 1. The van der Waals surface area contributed by atoms with Crippen LogP contribution in [0.1, 0.15) is 26.5 Å². The molecule has 0 spiro atoms. The van der Waals surface area contributed by atoms with Gasteiger partial charge in [0.25, 0.3) is 0 Å². The van der Waals surface area contributed by atoms with E-state index in [2.05, 4.69) is 25.8 Å². The van der Waals surface area contributed by atoms with E-state index in [1.54, 1.807) is 6.20 Å². The van der Waals surface area contributed by atoms with Crippen LogP contribution < -0.4 is 5.73 Å². The number of rotatable bonds is 0. The third-order valence-corrected chi connectivity index (χ3v) is 1.55. The molecular weight excluding hydrogens is 136 g/mol. The summed E-state index contributed by atoms with van der Waals surface area (Å²) in [5.74, 6) is 0. The molecule has 1 aromatic heterocycles. The molecular formula is C9H14N2. The normalized spacial score (nSPS) is 11.5. The predicted octanol–water partition coefficient (Wildman–Crippen LogP) is 1.96. The van der Waals surface area contributed by atoms with Crippen LogP contribution in [-0.4, -0.2) is 4.98 Å². The van der Waals surface area contributed by atoms with Crippen molar-refractivity contribution in [1.82, 2.24) is 4.98 Å². The Labute approximate surface area is 67.5 Å². The highest BCUT2D eigenvalue weighted by molar-refractivity contribution is 5.35. The maximum Gasteiger partial charge on any atom is 0.0501 e. The molecule has 1 aromatic rings. The van der Waals surface area contributed by atoms with Gasteiger partial charge < -0.3 is 5.73 Å². The Balaban J connectivity index is 2.99. The number of hydrogen-bond donors (Lipinski definition) is 1. The summed E-state index contributed by atoms with van der Waals surface area (Å²) in [5.41, 5.74) is 7.42. The topological polar surface area (TPSA) is 38.9 Å². The molecule has 0 saturated heterocycles. The summed E-state index contributed by atoms with van der Waals surface area (Å²) in [4.78, 5) is 4.22. The zero-order valence-electron chi connectivity index (χ0n) is 7.26. The van der Waals surface area contributed by atoms with Gasteiger partial charge in [-0.05, 0) is 12.1 Å². The summed E-state index contributed by atoms with van der Waals surface area (Å²) >= 11 is 0. The van der Waals surface area contributed by atoms with Gasteiger partial charge in [-0.15, -0.1) is 0 Å². The van der Waals surface area contributed by atoms with Crippen molar-refractivity contribution in [3.8, 4) is 0 Å². The minimum atomic E-state index is 0.119. The van der Waals surface area contributed by atoms with Crippen molar-refractivity contribution in [2.24, 2.45) is 0 Å². The second-order valence-electron chi connectivity index (χ2n) is 3.73. The van der Waals surface area contributed by atoms with Gasteiger partial charge in [0.1, 0.15) is 0 Å². The van der Waals surface area contributed by atoms with Crippen LogP contribution in [0.25, 0.3) is 0 Å². The molecule has 11 heavy (non-hydrogen) atoms. The van der Waals surface area contributed by atoms with E-state index in [1.807, 2.05) is 12.1 Å². The Kier molecular flexibility index (Phi) is 1.85. The lowest BCUT2D eigenvalue weighted by Gasteiger charge is -2.16. The van der Waals surface area contributed by atoms with E-state index in [-0.39, 0.29) is 5.41 Å². The van der Waals surface area contributed by atoms with E-state index in [0.29, 0.717) is 0 Å². The summed E-state index contributed by atoms with van der Waals surface area (Å²) in [6.45, 7) is 6.39. The molecule has 0 fully saturated rings. The summed E-state index contributed by atoms with van der Waals surface area (Å²) in [5, 5.41) is 0. The van der Waals surface area contributed by atoms with Gasteiger partial charge in [-0.2, -0.15) is 0 Å². The van der Waals surface area contributed by atoms with E-state index in [0.717, 1.165) is 11.4 Å². The Morgan fingerprint density at radius 3 is 2.27 bits per heavy atom. The van der Waals surface area contributed by atoms with Crippen LogP contribution >= 0.6 is 0 Å². The lowest BCUT2D eigenvalue weighted by Crippen LogP contribution is -2.13. The molecule has 1 heterocycles. The molecule has 0 saturated carbocycles. The molecule has 2 nitrogen and oxygen atoms in total. The number of pyridine rings is 1. The fourth-order valence-corrected chi connectivity index (χ4v) is 0.849. The molecule has 0 bridgehead atoms. The first-order valence-electron chi connectivity index (χ1n) is 3.72. The standard InChI is InChI=1S/C9H14N2/c1-9(2,3)8-5-4-7(10)6-11-8/h4-6H,10H2,1-3H3. The first-order valence-corrected chi connectivity index (χ1v) is 3.72. The number of nitrogens with two attached hydrogens (primary N) is 1. The van der Waals surface area contributed by atoms with Crippen LogP contribution in [0.4, 0.5) is 5.69 Å². The van der Waals surface area contributed by atoms with Crippen molar-refractivity contribution in [1.29, 1.82) is 0 Å². The Morgan fingerprint density at radius 1 is 1.27 bits per heavy atom. The molecule has 0 aliphatic heterocycles. The highest BCUT2D eigenvalue weighted by atomic mass is 14.7. The van der Waals surface area contributed by atoms with Gasteiger partial charge in [-0.25, -0.2) is 0 Å². The number of aromatic nitrogens is 1.